The minimum atomic E-state index is 0.188. The molecular weight excluding hydrogens is 188 g/mol. The van der Waals surface area contributed by atoms with Crippen molar-refractivity contribution in [1.82, 2.24) is 10.2 Å². The van der Waals surface area contributed by atoms with Gasteiger partial charge < -0.3 is 10.1 Å². The fourth-order valence-corrected chi connectivity index (χ4v) is 1.78. The van der Waals surface area contributed by atoms with Crippen LogP contribution in [0, 0.1) is 0 Å². The molecule has 1 heterocycles. The Morgan fingerprint density at radius 3 is 2.73 bits per heavy atom. The molecule has 1 saturated heterocycles. The number of rotatable bonds is 4. The van der Waals surface area contributed by atoms with E-state index in [1.165, 1.54) is 0 Å². The molecule has 0 aromatic carbocycles. The predicted octanol–water partition coefficient (Wildman–Crippen LogP) is 1.26. The van der Waals surface area contributed by atoms with Crippen LogP contribution < -0.4 is 5.32 Å². The van der Waals surface area contributed by atoms with E-state index in [2.05, 4.69) is 37.6 Å². The van der Waals surface area contributed by atoms with Crippen LogP contribution in [0.2, 0.25) is 0 Å². The molecule has 0 spiro atoms. The SMILES string of the molecule is C=CCN(CC1COCCN1)C(C)(C)C. The summed E-state index contributed by atoms with van der Waals surface area (Å²) in [6, 6.07) is 0.456. The molecule has 1 atom stereocenters. The van der Waals surface area contributed by atoms with Crippen molar-refractivity contribution in [3.63, 3.8) is 0 Å². The standard InChI is InChI=1S/C12H24N2O/c1-5-7-14(12(2,3)4)9-11-10-15-8-6-13-11/h5,11,13H,1,6-10H2,2-4H3. The zero-order valence-corrected chi connectivity index (χ0v) is 10.3. The minimum absolute atomic E-state index is 0.188. The lowest BCUT2D eigenvalue weighted by molar-refractivity contribution is 0.0467. The largest absolute Gasteiger partial charge is 0.378 e. The average molecular weight is 212 g/mol. The van der Waals surface area contributed by atoms with Gasteiger partial charge in [0.05, 0.1) is 13.2 Å². The number of ether oxygens (including phenoxy) is 1. The zero-order chi connectivity index (χ0) is 11.3. The maximum Gasteiger partial charge on any atom is 0.0632 e. The topological polar surface area (TPSA) is 24.5 Å². The van der Waals surface area contributed by atoms with E-state index in [-0.39, 0.29) is 5.54 Å². The Morgan fingerprint density at radius 2 is 2.27 bits per heavy atom. The molecule has 0 aromatic rings. The van der Waals surface area contributed by atoms with E-state index in [1.54, 1.807) is 0 Å². The second kappa shape index (κ2) is 5.64. The molecule has 0 aromatic heterocycles. The van der Waals surface area contributed by atoms with Gasteiger partial charge in [-0.15, -0.1) is 6.58 Å². The summed E-state index contributed by atoms with van der Waals surface area (Å²) in [5.74, 6) is 0. The summed E-state index contributed by atoms with van der Waals surface area (Å²) in [6.07, 6.45) is 1.97. The van der Waals surface area contributed by atoms with Crippen molar-refractivity contribution in [3.8, 4) is 0 Å². The third-order valence-corrected chi connectivity index (χ3v) is 2.74. The van der Waals surface area contributed by atoms with Crippen LogP contribution >= 0.6 is 0 Å². The van der Waals surface area contributed by atoms with Gasteiger partial charge in [0, 0.05) is 31.2 Å². The van der Waals surface area contributed by atoms with Gasteiger partial charge in [0.25, 0.3) is 0 Å². The van der Waals surface area contributed by atoms with Gasteiger partial charge in [-0.2, -0.15) is 0 Å². The van der Waals surface area contributed by atoms with Crippen LogP contribution in [-0.4, -0.2) is 49.3 Å². The summed E-state index contributed by atoms with van der Waals surface area (Å²) >= 11 is 0. The molecule has 88 valence electrons. The van der Waals surface area contributed by atoms with E-state index >= 15 is 0 Å². The highest BCUT2D eigenvalue weighted by Crippen LogP contribution is 2.14. The number of hydrogen-bond acceptors (Lipinski definition) is 3. The number of nitrogens with one attached hydrogen (secondary N) is 1. The van der Waals surface area contributed by atoms with Crippen molar-refractivity contribution in [3.05, 3.63) is 12.7 Å². The van der Waals surface area contributed by atoms with E-state index in [1.807, 2.05) is 6.08 Å². The van der Waals surface area contributed by atoms with Crippen LogP contribution in [-0.2, 0) is 4.74 Å². The summed E-state index contributed by atoms with van der Waals surface area (Å²) in [4.78, 5) is 2.42. The van der Waals surface area contributed by atoms with Crippen LogP contribution in [0.5, 0.6) is 0 Å². The van der Waals surface area contributed by atoms with Crippen molar-refractivity contribution in [1.29, 1.82) is 0 Å². The zero-order valence-electron chi connectivity index (χ0n) is 10.3. The summed E-state index contributed by atoms with van der Waals surface area (Å²) in [5, 5.41) is 3.48. The molecule has 3 nitrogen and oxygen atoms in total. The highest BCUT2D eigenvalue weighted by Gasteiger charge is 2.24. The molecule has 0 saturated carbocycles. The van der Waals surface area contributed by atoms with Gasteiger partial charge in [0.2, 0.25) is 0 Å². The number of nitrogens with zero attached hydrogens (tertiary/aromatic N) is 1. The molecule has 1 N–H and O–H groups in total. The highest BCUT2D eigenvalue weighted by atomic mass is 16.5. The molecule has 0 amide bonds. The Balaban J connectivity index is 2.45. The molecular formula is C12H24N2O. The van der Waals surface area contributed by atoms with Crippen LogP contribution in [0.3, 0.4) is 0 Å². The molecule has 1 aliphatic heterocycles. The molecule has 1 unspecified atom stereocenters. The minimum Gasteiger partial charge on any atom is -0.378 e. The van der Waals surface area contributed by atoms with E-state index in [0.29, 0.717) is 6.04 Å². The van der Waals surface area contributed by atoms with Crippen molar-refractivity contribution in [2.75, 3.05) is 32.8 Å². The van der Waals surface area contributed by atoms with E-state index in [9.17, 15) is 0 Å². The monoisotopic (exact) mass is 212 g/mol. The molecule has 1 aliphatic rings. The Bertz CT molecular complexity index is 192. The van der Waals surface area contributed by atoms with E-state index in [4.69, 9.17) is 4.74 Å². The lowest BCUT2D eigenvalue weighted by Crippen LogP contribution is -2.53. The van der Waals surface area contributed by atoms with Crippen LogP contribution in [0.1, 0.15) is 20.8 Å². The second-order valence-corrected chi connectivity index (χ2v) is 5.09. The Morgan fingerprint density at radius 1 is 1.53 bits per heavy atom. The molecule has 0 aliphatic carbocycles. The normalized spacial score (nSPS) is 23.1. The summed E-state index contributed by atoms with van der Waals surface area (Å²) in [7, 11) is 0. The van der Waals surface area contributed by atoms with Crippen molar-refractivity contribution in [2.45, 2.75) is 32.4 Å². The summed E-state index contributed by atoms with van der Waals surface area (Å²) in [5.41, 5.74) is 0.188. The predicted molar refractivity (Wildman–Crippen MR) is 64.1 cm³/mol. The third kappa shape index (κ3) is 4.33. The van der Waals surface area contributed by atoms with Crippen LogP contribution in [0.25, 0.3) is 0 Å². The first-order valence-corrected chi connectivity index (χ1v) is 5.71. The van der Waals surface area contributed by atoms with Gasteiger partial charge in [0.15, 0.2) is 0 Å². The van der Waals surface area contributed by atoms with Gasteiger partial charge in [-0.25, -0.2) is 0 Å². The van der Waals surface area contributed by atoms with Crippen molar-refractivity contribution in [2.24, 2.45) is 0 Å². The Labute approximate surface area is 93.5 Å². The fraction of sp³-hybridized carbons (Fsp3) is 0.833. The lowest BCUT2D eigenvalue weighted by atomic mass is 10.0. The van der Waals surface area contributed by atoms with Crippen molar-refractivity contribution < 1.29 is 4.74 Å². The molecule has 0 radical (unpaired) electrons. The first-order valence-electron chi connectivity index (χ1n) is 5.71. The summed E-state index contributed by atoms with van der Waals surface area (Å²) in [6.45, 7) is 15.1. The Kier molecular flexibility index (Phi) is 4.77. The molecule has 0 bridgehead atoms. The maximum atomic E-state index is 5.46. The first kappa shape index (κ1) is 12.7. The molecule has 3 heteroatoms. The maximum absolute atomic E-state index is 5.46. The van der Waals surface area contributed by atoms with Crippen LogP contribution in [0.15, 0.2) is 12.7 Å². The van der Waals surface area contributed by atoms with Gasteiger partial charge in [-0.05, 0) is 20.8 Å². The Hall–Kier alpha value is -0.380. The van der Waals surface area contributed by atoms with Crippen molar-refractivity contribution >= 4 is 0 Å². The van der Waals surface area contributed by atoms with Gasteiger partial charge in [0.1, 0.15) is 0 Å². The lowest BCUT2D eigenvalue weighted by Gasteiger charge is -2.38. The average Bonchev–Trinajstić information content (AvgIpc) is 2.17. The molecule has 1 fully saturated rings. The first-order chi connectivity index (χ1) is 7.04. The van der Waals surface area contributed by atoms with Gasteiger partial charge >= 0.3 is 0 Å². The van der Waals surface area contributed by atoms with Gasteiger partial charge in [-0.1, -0.05) is 6.08 Å². The quantitative estimate of drug-likeness (QED) is 0.710. The molecule has 1 rings (SSSR count). The third-order valence-electron chi connectivity index (χ3n) is 2.74. The highest BCUT2D eigenvalue weighted by molar-refractivity contribution is 4.86. The summed E-state index contributed by atoms with van der Waals surface area (Å²) < 4.78 is 5.46. The van der Waals surface area contributed by atoms with Gasteiger partial charge in [-0.3, -0.25) is 4.90 Å². The second-order valence-electron chi connectivity index (χ2n) is 5.09. The molecule has 15 heavy (non-hydrogen) atoms. The van der Waals surface area contributed by atoms with Crippen LogP contribution in [0.4, 0.5) is 0 Å². The van der Waals surface area contributed by atoms with E-state index in [0.717, 1.165) is 32.8 Å². The van der Waals surface area contributed by atoms with E-state index < -0.39 is 0 Å². The number of hydrogen-bond donors (Lipinski definition) is 1. The number of morpholine rings is 1. The fourth-order valence-electron chi connectivity index (χ4n) is 1.78. The smallest absolute Gasteiger partial charge is 0.0632 e.